The zero-order valence-corrected chi connectivity index (χ0v) is 10.4. The molecule has 0 fully saturated rings. The van der Waals surface area contributed by atoms with E-state index < -0.39 is 5.97 Å². The second-order valence-electron chi connectivity index (χ2n) is 3.79. The maximum absolute atomic E-state index is 11.3. The number of carbonyl (C=O) groups is 1. The Hall–Kier alpha value is -1.94. The third kappa shape index (κ3) is 2.07. The maximum Gasteiger partial charge on any atom is 0.339 e. The normalized spacial score (nSPS) is 10.6. The van der Waals surface area contributed by atoms with E-state index in [0.717, 1.165) is 0 Å². The lowest BCUT2D eigenvalue weighted by Gasteiger charge is -2.04. The van der Waals surface area contributed by atoms with E-state index in [1.54, 1.807) is 0 Å². The number of aryl methyl sites for hydroxylation is 1. The van der Waals surface area contributed by atoms with Crippen LogP contribution in [0.15, 0.2) is 28.9 Å². The van der Waals surface area contributed by atoms with Gasteiger partial charge in [-0.2, -0.15) is 0 Å². The van der Waals surface area contributed by atoms with Gasteiger partial charge in [0.05, 0.1) is 11.8 Å². The Labute approximate surface area is 108 Å². The molecule has 18 heavy (non-hydrogen) atoms. The lowest BCUT2D eigenvalue weighted by atomic mass is 10.0. The molecule has 0 amide bonds. The number of carboxylic acids is 1. The van der Waals surface area contributed by atoms with Crippen LogP contribution in [0.4, 0.5) is 0 Å². The van der Waals surface area contributed by atoms with Gasteiger partial charge in [0.1, 0.15) is 11.3 Å². The molecule has 94 valence electrons. The highest BCUT2D eigenvalue weighted by Gasteiger charge is 2.22. The lowest BCUT2D eigenvalue weighted by Crippen LogP contribution is -2.00. The summed E-state index contributed by atoms with van der Waals surface area (Å²) in [5.41, 5.74) is 0.923. The summed E-state index contributed by atoms with van der Waals surface area (Å²) in [4.78, 5) is 11.3. The first-order valence-corrected chi connectivity index (χ1v) is 5.75. The first-order valence-electron chi connectivity index (χ1n) is 5.37. The fourth-order valence-electron chi connectivity index (χ4n) is 1.78. The van der Waals surface area contributed by atoms with E-state index in [2.05, 4.69) is 0 Å². The molecule has 2 rings (SSSR count). The molecule has 0 atom stereocenters. The van der Waals surface area contributed by atoms with Crippen LogP contribution >= 0.6 is 11.6 Å². The van der Waals surface area contributed by atoms with Crippen molar-refractivity contribution in [3.8, 4) is 17.1 Å². The quantitative estimate of drug-likeness (QED) is 0.891. The first-order chi connectivity index (χ1) is 8.54. The molecule has 0 aliphatic carbocycles. The van der Waals surface area contributed by atoms with Gasteiger partial charge in [-0.05, 0) is 24.6 Å². The predicted octanol–water partition coefficient (Wildman–Crippen LogP) is 3.57. The highest BCUT2D eigenvalue weighted by atomic mass is 35.5. The van der Waals surface area contributed by atoms with Crippen molar-refractivity contribution in [3.63, 3.8) is 0 Å². The maximum atomic E-state index is 11.3. The Morgan fingerprint density at radius 1 is 1.44 bits per heavy atom. The summed E-state index contributed by atoms with van der Waals surface area (Å²) in [7, 11) is 0. The van der Waals surface area contributed by atoms with Gasteiger partial charge in [-0.15, -0.1) is 0 Å². The second kappa shape index (κ2) is 4.74. The molecule has 5 heteroatoms. The van der Waals surface area contributed by atoms with Gasteiger partial charge in [0, 0.05) is 10.6 Å². The number of aromatic hydroxyl groups is 1. The fourth-order valence-corrected chi connectivity index (χ4v) is 1.95. The molecular weight excluding hydrogens is 256 g/mol. The monoisotopic (exact) mass is 266 g/mol. The number of halogens is 1. The number of phenolic OH excluding ortho intramolecular Hbond substituents is 1. The second-order valence-corrected chi connectivity index (χ2v) is 4.22. The zero-order valence-electron chi connectivity index (χ0n) is 9.61. The summed E-state index contributed by atoms with van der Waals surface area (Å²) in [6.45, 7) is 1.83. The fraction of sp³-hybridized carbons (Fsp3) is 0.154. The lowest BCUT2D eigenvalue weighted by molar-refractivity contribution is 0.0696. The average molecular weight is 267 g/mol. The summed E-state index contributed by atoms with van der Waals surface area (Å²) in [6, 6.07) is 4.39. The Balaban J connectivity index is 2.67. The van der Waals surface area contributed by atoms with E-state index in [9.17, 15) is 15.0 Å². The van der Waals surface area contributed by atoms with Crippen LogP contribution in [-0.2, 0) is 6.42 Å². The molecular formula is C13H11ClO4. The van der Waals surface area contributed by atoms with Crippen molar-refractivity contribution in [1.82, 2.24) is 0 Å². The number of furan rings is 1. The van der Waals surface area contributed by atoms with Crippen LogP contribution < -0.4 is 0 Å². The topological polar surface area (TPSA) is 70.7 Å². The molecule has 2 N–H and O–H groups in total. The number of hydrogen-bond acceptors (Lipinski definition) is 3. The molecule has 0 unspecified atom stereocenters. The van der Waals surface area contributed by atoms with Gasteiger partial charge >= 0.3 is 5.97 Å². The summed E-state index contributed by atoms with van der Waals surface area (Å²) < 4.78 is 5.27. The minimum atomic E-state index is -1.09. The van der Waals surface area contributed by atoms with Crippen LogP contribution in [0.5, 0.6) is 5.75 Å². The Morgan fingerprint density at radius 2 is 2.17 bits per heavy atom. The zero-order chi connectivity index (χ0) is 13.3. The molecule has 0 saturated carbocycles. The Morgan fingerprint density at radius 3 is 2.78 bits per heavy atom. The molecule has 0 aliphatic heterocycles. The van der Waals surface area contributed by atoms with Crippen molar-refractivity contribution in [1.29, 1.82) is 0 Å². The standard InChI is InChI=1S/C13H11ClO4/c1-2-7-6-18-12(11(7)13(16)17)9-5-8(14)3-4-10(9)15/h3-6,15H,2H2,1H3,(H,16,17). The minimum Gasteiger partial charge on any atom is -0.507 e. The van der Waals surface area contributed by atoms with E-state index in [1.165, 1.54) is 24.5 Å². The number of rotatable bonds is 3. The van der Waals surface area contributed by atoms with E-state index in [4.69, 9.17) is 16.0 Å². The van der Waals surface area contributed by atoms with E-state index in [-0.39, 0.29) is 22.6 Å². The summed E-state index contributed by atoms with van der Waals surface area (Å²) >= 11 is 5.84. The third-order valence-electron chi connectivity index (χ3n) is 2.67. The molecule has 0 bridgehead atoms. The largest absolute Gasteiger partial charge is 0.507 e. The van der Waals surface area contributed by atoms with Crippen LogP contribution in [0.3, 0.4) is 0 Å². The molecule has 0 saturated heterocycles. The van der Waals surface area contributed by atoms with Crippen molar-refractivity contribution in [2.45, 2.75) is 13.3 Å². The molecule has 1 heterocycles. The average Bonchev–Trinajstić information content (AvgIpc) is 2.75. The van der Waals surface area contributed by atoms with E-state index in [0.29, 0.717) is 17.0 Å². The molecule has 2 aromatic rings. The smallest absolute Gasteiger partial charge is 0.339 e. The molecule has 0 radical (unpaired) electrons. The predicted molar refractivity (Wildman–Crippen MR) is 67.2 cm³/mol. The Bertz CT molecular complexity index is 601. The summed E-state index contributed by atoms with van der Waals surface area (Å²) in [5, 5.41) is 19.4. The minimum absolute atomic E-state index is 0.0649. The van der Waals surface area contributed by atoms with Gasteiger partial charge in [0.25, 0.3) is 0 Å². The SMILES string of the molecule is CCc1coc(-c2cc(Cl)ccc2O)c1C(=O)O. The number of benzene rings is 1. The first kappa shape index (κ1) is 12.5. The van der Waals surface area contributed by atoms with Crippen LogP contribution in [0.25, 0.3) is 11.3 Å². The van der Waals surface area contributed by atoms with Crippen LogP contribution in [0.1, 0.15) is 22.8 Å². The van der Waals surface area contributed by atoms with Gasteiger partial charge in [0.2, 0.25) is 0 Å². The highest BCUT2D eigenvalue weighted by molar-refractivity contribution is 6.31. The molecule has 4 nitrogen and oxygen atoms in total. The van der Waals surface area contributed by atoms with Crippen molar-refractivity contribution >= 4 is 17.6 Å². The number of phenols is 1. The van der Waals surface area contributed by atoms with Gasteiger partial charge in [-0.3, -0.25) is 0 Å². The van der Waals surface area contributed by atoms with E-state index in [1.807, 2.05) is 6.92 Å². The third-order valence-corrected chi connectivity index (χ3v) is 2.90. The van der Waals surface area contributed by atoms with Gasteiger partial charge < -0.3 is 14.6 Å². The van der Waals surface area contributed by atoms with Gasteiger partial charge in [0.15, 0.2) is 5.76 Å². The van der Waals surface area contributed by atoms with Gasteiger partial charge in [-0.25, -0.2) is 4.79 Å². The van der Waals surface area contributed by atoms with Crippen molar-refractivity contribution < 1.29 is 19.4 Å². The molecule has 0 aliphatic rings. The van der Waals surface area contributed by atoms with Crippen molar-refractivity contribution in [3.05, 3.63) is 40.6 Å². The van der Waals surface area contributed by atoms with Crippen LogP contribution in [0, 0.1) is 0 Å². The Kier molecular flexibility index (Phi) is 3.30. The van der Waals surface area contributed by atoms with Gasteiger partial charge in [-0.1, -0.05) is 18.5 Å². The number of carboxylic acid groups (broad SMARTS) is 1. The van der Waals surface area contributed by atoms with Crippen LogP contribution in [0.2, 0.25) is 5.02 Å². The van der Waals surface area contributed by atoms with E-state index >= 15 is 0 Å². The molecule has 1 aromatic heterocycles. The number of hydrogen-bond donors (Lipinski definition) is 2. The molecule has 0 spiro atoms. The number of aromatic carboxylic acids is 1. The highest BCUT2D eigenvalue weighted by Crippen LogP contribution is 2.36. The van der Waals surface area contributed by atoms with Crippen molar-refractivity contribution in [2.75, 3.05) is 0 Å². The summed E-state index contributed by atoms with van der Waals surface area (Å²) in [6.07, 6.45) is 1.92. The summed E-state index contributed by atoms with van der Waals surface area (Å²) in [5.74, 6) is -1.03. The van der Waals surface area contributed by atoms with Crippen LogP contribution in [-0.4, -0.2) is 16.2 Å². The van der Waals surface area contributed by atoms with Crippen molar-refractivity contribution in [2.24, 2.45) is 0 Å². The molecule has 1 aromatic carbocycles.